The number of thiazole rings is 1. The number of amides is 2. The average Bonchev–Trinajstić information content (AvgIpc) is 3.03. The van der Waals surface area contributed by atoms with Gasteiger partial charge < -0.3 is 10.6 Å². The number of thioether (sulfide) groups is 1. The summed E-state index contributed by atoms with van der Waals surface area (Å²) in [5.74, 6) is 0.135. The number of nitrogens with one attached hydrogen (secondary N) is 2. The predicted octanol–water partition coefficient (Wildman–Crippen LogP) is 3.99. The second-order valence-corrected chi connectivity index (χ2v) is 7.85. The number of hydrogen-bond donors (Lipinski definition) is 2. The van der Waals surface area contributed by atoms with Gasteiger partial charge in [-0.3, -0.25) is 9.59 Å². The molecule has 0 fully saturated rings. The highest BCUT2D eigenvalue weighted by atomic mass is 35.5. The van der Waals surface area contributed by atoms with Gasteiger partial charge in [0.05, 0.1) is 17.9 Å². The van der Waals surface area contributed by atoms with Crippen LogP contribution in [0.5, 0.6) is 0 Å². The zero-order valence-corrected chi connectivity index (χ0v) is 16.3. The minimum Gasteiger partial charge on any atom is -0.356 e. The van der Waals surface area contributed by atoms with Crippen LogP contribution in [0.25, 0.3) is 0 Å². The van der Waals surface area contributed by atoms with E-state index in [4.69, 9.17) is 11.6 Å². The third-order valence-electron chi connectivity index (χ3n) is 3.18. The lowest BCUT2D eigenvalue weighted by atomic mass is 10.3. The molecule has 2 N–H and O–H groups in total. The van der Waals surface area contributed by atoms with Crippen molar-refractivity contribution in [1.29, 1.82) is 0 Å². The van der Waals surface area contributed by atoms with Gasteiger partial charge in [0.25, 0.3) is 0 Å². The first-order valence-corrected chi connectivity index (χ1v) is 10.2. The molecule has 1 aromatic heterocycles. The Balaban J connectivity index is 1.74. The number of unbranched alkanes of at least 4 members (excludes halogenated alkanes) is 1. The van der Waals surface area contributed by atoms with Crippen molar-refractivity contribution in [3.05, 3.63) is 40.4 Å². The van der Waals surface area contributed by atoms with Gasteiger partial charge in [0.15, 0.2) is 4.34 Å². The maximum absolute atomic E-state index is 11.9. The van der Waals surface area contributed by atoms with Crippen molar-refractivity contribution in [2.45, 2.75) is 30.5 Å². The van der Waals surface area contributed by atoms with Crippen molar-refractivity contribution in [2.24, 2.45) is 0 Å². The highest BCUT2D eigenvalue weighted by Crippen LogP contribution is 2.23. The Hall–Kier alpha value is -1.57. The van der Waals surface area contributed by atoms with Crippen molar-refractivity contribution < 1.29 is 9.59 Å². The number of benzene rings is 1. The number of anilines is 1. The zero-order chi connectivity index (χ0) is 18.1. The number of rotatable bonds is 9. The Morgan fingerprint density at radius 2 is 2.00 bits per heavy atom. The predicted molar refractivity (Wildman–Crippen MR) is 105 cm³/mol. The fraction of sp³-hybridized carbons (Fsp3) is 0.353. The molecule has 2 rings (SSSR count). The maximum Gasteiger partial charge on any atom is 0.234 e. The van der Waals surface area contributed by atoms with Crippen LogP contribution in [0, 0.1) is 0 Å². The van der Waals surface area contributed by atoms with Crippen molar-refractivity contribution in [2.75, 3.05) is 17.6 Å². The van der Waals surface area contributed by atoms with E-state index in [9.17, 15) is 9.59 Å². The molecule has 0 atom stereocenters. The van der Waals surface area contributed by atoms with E-state index in [2.05, 4.69) is 22.5 Å². The lowest BCUT2D eigenvalue weighted by Crippen LogP contribution is -2.26. The molecule has 0 unspecified atom stereocenters. The maximum atomic E-state index is 11.9. The molecule has 0 aliphatic heterocycles. The van der Waals surface area contributed by atoms with Crippen LogP contribution in [0.1, 0.15) is 25.5 Å². The zero-order valence-electron chi connectivity index (χ0n) is 13.9. The first-order chi connectivity index (χ1) is 12.1. The minimum absolute atomic E-state index is 0.0178. The molecule has 0 spiro atoms. The van der Waals surface area contributed by atoms with Crippen LogP contribution in [0.4, 0.5) is 5.69 Å². The van der Waals surface area contributed by atoms with Crippen molar-refractivity contribution in [3.63, 3.8) is 0 Å². The summed E-state index contributed by atoms with van der Waals surface area (Å²) in [7, 11) is 0. The van der Waals surface area contributed by atoms with E-state index < -0.39 is 0 Å². The Bertz CT molecular complexity index is 704. The molecule has 0 aliphatic carbocycles. The molecule has 0 radical (unpaired) electrons. The molecule has 8 heteroatoms. The van der Waals surface area contributed by atoms with Gasteiger partial charge in [-0.15, -0.1) is 11.3 Å². The fourth-order valence-electron chi connectivity index (χ4n) is 1.93. The van der Waals surface area contributed by atoms with Crippen LogP contribution in [0.15, 0.2) is 34.0 Å². The van der Waals surface area contributed by atoms with Gasteiger partial charge in [0.2, 0.25) is 11.8 Å². The highest BCUT2D eigenvalue weighted by Gasteiger charge is 2.10. The van der Waals surface area contributed by atoms with Gasteiger partial charge in [-0.25, -0.2) is 4.98 Å². The average molecular weight is 398 g/mol. The van der Waals surface area contributed by atoms with E-state index in [1.807, 2.05) is 5.38 Å². The second kappa shape index (κ2) is 10.4. The molecule has 0 saturated heterocycles. The second-order valence-electron chi connectivity index (χ2n) is 5.33. The molecular formula is C17H20ClN3O2S2. The topological polar surface area (TPSA) is 71.1 Å². The van der Waals surface area contributed by atoms with E-state index in [1.54, 1.807) is 24.3 Å². The third-order valence-corrected chi connectivity index (χ3v) is 5.50. The van der Waals surface area contributed by atoms with Gasteiger partial charge in [0, 0.05) is 22.6 Å². The summed E-state index contributed by atoms with van der Waals surface area (Å²) < 4.78 is 0.780. The molecule has 2 amide bonds. The fourth-order valence-corrected chi connectivity index (χ4v) is 3.70. The van der Waals surface area contributed by atoms with Crippen LogP contribution in [-0.2, 0) is 16.0 Å². The van der Waals surface area contributed by atoms with Crippen LogP contribution in [-0.4, -0.2) is 29.1 Å². The highest BCUT2D eigenvalue weighted by molar-refractivity contribution is 8.01. The van der Waals surface area contributed by atoms with E-state index in [0.717, 1.165) is 22.9 Å². The van der Waals surface area contributed by atoms with Crippen molar-refractivity contribution in [1.82, 2.24) is 10.3 Å². The lowest BCUT2D eigenvalue weighted by molar-refractivity contribution is -0.120. The quantitative estimate of drug-likeness (QED) is 0.495. The number of aromatic nitrogens is 1. The number of carbonyl (C=O) groups is 2. The summed E-state index contributed by atoms with van der Waals surface area (Å²) in [6.07, 6.45) is 2.31. The Kier molecular flexibility index (Phi) is 8.24. The number of carbonyl (C=O) groups excluding carboxylic acids is 2. The largest absolute Gasteiger partial charge is 0.356 e. The van der Waals surface area contributed by atoms with Crippen molar-refractivity contribution in [3.8, 4) is 0 Å². The molecule has 0 bridgehead atoms. The summed E-state index contributed by atoms with van der Waals surface area (Å²) in [5, 5.41) is 8.16. The molecule has 1 heterocycles. The Morgan fingerprint density at radius 3 is 2.72 bits per heavy atom. The van der Waals surface area contributed by atoms with E-state index in [1.165, 1.54) is 23.1 Å². The van der Waals surface area contributed by atoms with Crippen LogP contribution < -0.4 is 10.6 Å². The monoisotopic (exact) mass is 397 g/mol. The summed E-state index contributed by atoms with van der Waals surface area (Å²) in [5.41, 5.74) is 1.44. The molecule has 5 nitrogen and oxygen atoms in total. The minimum atomic E-state index is -0.110. The molecule has 134 valence electrons. The van der Waals surface area contributed by atoms with E-state index in [0.29, 0.717) is 17.3 Å². The Labute approximate surface area is 160 Å². The van der Waals surface area contributed by atoms with Gasteiger partial charge in [0.1, 0.15) is 0 Å². The summed E-state index contributed by atoms with van der Waals surface area (Å²) in [4.78, 5) is 28.1. The smallest absolute Gasteiger partial charge is 0.234 e. The summed E-state index contributed by atoms with van der Waals surface area (Å²) in [6.45, 7) is 2.78. The molecule has 25 heavy (non-hydrogen) atoms. The summed E-state index contributed by atoms with van der Waals surface area (Å²) >= 11 is 8.61. The van der Waals surface area contributed by atoms with E-state index >= 15 is 0 Å². The molecule has 2 aromatic rings. The third kappa shape index (κ3) is 7.46. The first-order valence-electron chi connectivity index (χ1n) is 7.96. The normalized spacial score (nSPS) is 10.5. The van der Waals surface area contributed by atoms with Crippen molar-refractivity contribution >= 4 is 52.2 Å². The van der Waals surface area contributed by atoms with Gasteiger partial charge >= 0.3 is 0 Å². The first kappa shape index (κ1) is 19.8. The lowest BCUT2D eigenvalue weighted by Gasteiger charge is -2.04. The standard InChI is InChI=1S/C17H20ClN3O2S2/c1-2-3-8-19-15(22)9-14-10-24-17(21-14)25-11-16(23)20-13-6-4-12(18)5-7-13/h4-7,10H,2-3,8-9,11H2,1H3,(H,19,22)(H,20,23). The molecule has 0 aliphatic rings. The van der Waals surface area contributed by atoms with E-state index in [-0.39, 0.29) is 24.0 Å². The number of halogens is 1. The van der Waals surface area contributed by atoms with Gasteiger partial charge in [-0.05, 0) is 30.7 Å². The SMILES string of the molecule is CCCCNC(=O)Cc1csc(SCC(=O)Nc2ccc(Cl)cc2)n1. The van der Waals surface area contributed by atoms with Crippen LogP contribution >= 0.6 is 34.7 Å². The summed E-state index contributed by atoms with van der Waals surface area (Å²) in [6, 6.07) is 6.96. The molecule has 0 saturated carbocycles. The van der Waals surface area contributed by atoms with Crippen LogP contribution in [0.2, 0.25) is 5.02 Å². The molecule has 1 aromatic carbocycles. The Morgan fingerprint density at radius 1 is 1.24 bits per heavy atom. The number of nitrogens with zero attached hydrogens (tertiary/aromatic N) is 1. The van der Waals surface area contributed by atoms with Gasteiger partial charge in [-0.2, -0.15) is 0 Å². The number of hydrogen-bond acceptors (Lipinski definition) is 5. The van der Waals surface area contributed by atoms with Gasteiger partial charge in [-0.1, -0.05) is 36.7 Å². The molecular weight excluding hydrogens is 378 g/mol. The van der Waals surface area contributed by atoms with Crippen LogP contribution in [0.3, 0.4) is 0 Å².